The number of piperidine rings is 1. The van der Waals surface area contributed by atoms with E-state index in [0.717, 1.165) is 43.9 Å². The van der Waals surface area contributed by atoms with Crippen LogP contribution >= 0.6 is 22.7 Å². The fourth-order valence-corrected chi connectivity index (χ4v) is 5.81. The van der Waals surface area contributed by atoms with Gasteiger partial charge in [0, 0.05) is 22.8 Å². The molecule has 1 aliphatic carbocycles. The van der Waals surface area contributed by atoms with E-state index in [1.54, 1.807) is 11.3 Å². The third kappa shape index (κ3) is 4.33. The number of rotatable bonds is 5. The zero-order valence-electron chi connectivity index (χ0n) is 14.6. The Morgan fingerprint density at radius 2 is 2.08 bits per heavy atom. The summed E-state index contributed by atoms with van der Waals surface area (Å²) in [5, 5.41) is 5.35. The minimum atomic E-state index is 0.139. The molecule has 0 unspecified atom stereocenters. The van der Waals surface area contributed by atoms with Crippen LogP contribution in [0, 0.1) is 5.92 Å². The zero-order valence-corrected chi connectivity index (χ0v) is 16.3. The number of fused-ring (bicyclic) bond motifs is 1. The zero-order chi connectivity index (χ0) is 17.1. The molecule has 1 saturated heterocycles. The molecule has 0 aromatic carbocycles. The van der Waals surface area contributed by atoms with Crippen LogP contribution in [0.25, 0.3) is 0 Å². The van der Waals surface area contributed by atoms with Crippen LogP contribution in [0.15, 0.2) is 23.6 Å². The molecule has 1 fully saturated rings. The van der Waals surface area contributed by atoms with Gasteiger partial charge in [-0.1, -0.05) is 6.07 Å². The van der Waals surface area contributed by atoms with Crippen molar-refractivity contribution in [2.24, 2.45) is 5.92 Å². The summed E-state index contributed by atoms with van der Waals surface area (Å²) in [4.78, 5) is 18.8. The van der Waals surface area contributed by atoms with Crippen LogP contribution in [-0.4, -0.2) is 30.4 Å². The molecule has 1 aliphatic heterocycles. The Hall–Kier alpha value is -1.17. The topological polar surface area (TPSA) is 32.3 Å². The molecular weight excluding hydrogens is 348 g/mol. The molecule has 2 aromatic heterocycles. The molecule has 0 spiro atoms. The van der Waals surface area contributed by atoms with Crippen LogP contribution in [0.1, 0.15) is 50.7 Å². The summed E-state index contributed by atoms with van der Waals surface area (Å²) in [5.41, 5.74) is 1.42. The molecule has 25 heavy (non-hydrogen) atoms. The predicted octanol–water partition coefficient (Wildman–Crippen LogP) is 4.33. The lowest BCUT2D eigenvalue weighted by Gasteiger charge is -2.31. The van der Waals surface area contributed by atoms with Gasteiger partial charge in [-0.25, -0.2) is 0 Å². The smallest absolute Gasteiger partial charge is 0.261 e. The second kappa shape index (κ2) is 8.02. The lowest BCUT2D eigenvalue weighted by Crippen LogP contribution is -2.38. The van der Waals surface area contributed by atoms with Gasteiger partial charge in [0.1, 0.15) is 0 Å². The molecule has 3 nitrogen and oxygen atoms in total. The van der Waals surface area contributed by atoms with E-state index in [4.69, 9.17) is 0 Å². The molecule has 0 bridgehead atoms. The number of aryl methyl sites for hydroxylation is 2. The molecule has 3 heterocycles. The Morgan fingerprint density at radius 1 is 1.24 bits per heavy atom. The predicted molar refractivity (Wildman–Crippen MR) is 106 cm³/mol. The van der Waals surface area contributed by atoms with E-state index in [9.17, 15) is 4.79 Å². The highest BCUT2D eigenvalue weighted by atomic mass is 32.1. The van der Waals surface area contributed by atoms with Crippen molar-refractivity contribution in [3.63, 3.8) is 0 Å². The number of amides is 1. The number of carbonyl (C=O) groups excluding carboxylic acids is 1. The average Bonchev–Trinajstić information content (AvgIpc) is 3.30. The summed E-state index contributed by atoms with van der Waals surface area (Å²) in [6.07, 6.45) is 7.24. The minimum Gasteiger partial charge on any atom is -0.351 e. The fourth-order valence-electron chi connectivity index (χ4n) is 3.90. The molecule has 1 amide bonds. The highest BCUT2D eigenvalue weighted by Gasteiger charge is 2.21. The lowest BCUT2D eigenvalue weighted by atomic mass is 9.96. The summed E-state index contributed by atoms with van der Waals surface area (Å²) in [7, 11) is 0. The van der Waals surface area contributed by atoms with Gasteiger partial charge in [-0.3, -0.25) is 9.69 Å². The molecule has 0 radical (unpaired) electrons. The first kappa shape index (κ1) is 17.3. The van der Waals surface area contributed by atoms with Gasteiger partial charge in [-0.2, -0.15) is 0 Å². The van der Waals surface area contributed by atoms with Crippen molar-refractivity contribution in [3.05, 3.63) is 43.8 Å². The first-order chi connectivity index (χ1) is 12.3. The number of hydrogen-bond donors (Lipinski definition) is 1. The van der Waals surface area contributed by atoms with Crippen molar-refractivity contribution in [3.8, 4) is 0 Å². The average molecular weight is 375 g/mol. The molecule has 134 valence electrons. The first-order valence-corrected chi connectivity index (χ1v) is 11.1. The monoisotopic (exact) mass is 374 g/mol. The molecule has 2 aliphatic rings. The van der Waals surface area contributed by atoms with Crippen LogP contribution in [0.4, 0.5) is 0 Å². The van der Waals surface area contributed by atoms with Gasteiger partial charge in [0.05, 0.1) is 4.88 Å². The number of nitrogens with zero attached hydrogens (tertiary/aromatic N) is 1. The highest BCUT2D eigenvalue weighted by Crippen LogP contribution is 2.29. The van der Waals surface area contributed by atoms with Crippen molar-refractivity contribution in [1.82, 2.24) is 10.2 Å². The number of carbonyl (C=O) groups is 1. The van der Waals surface area contributed by atoms with Crippen LogP contribution in [0.3, 0.4) is 0 Å². The van der Waals surface area contributed by atoms with Crippen molar-refractivity contribution >= 4 is 28.6 Å². The minimum absolute atomic E-state index is 0.139. The van der Waals surface area contributed by atoms with E-state index < -0.39 is 0 Å². The van der Waals surface area contributed by atoms with Crippen molar-refractivity contribution in [1.29, 1.82) is 0 Å². The number of hydrogen-bond acceptors (Lipinski definition) is 4. The van der Waals surface area contributed by atoms with E-state index >= 15 is 0 Å². The Balaban J connectivity index is 1.22. The van der Waals surface area contributed by atoms with Gasteiger partial charge >= 0.3 is 0 Å². The quantitative estimate of drug-likeness (QED) is 0.845. The van der Waals surface area contributed by atoms with E-state index in [2.05, 4.69) is 33.8 Å². The van der Waals surface area contributed by atoms with E-state index in [1.807, 2.05) is 11.3 Å². The van der Waals surface area contributed by atoms with Crippen molar-refractivity contribution < 1.29 is 4.79 Å². The molecule has 0 atom stereocenters. The maximum Gasteiger partial charge on any atom is 0.261 e. The fraction of sp³-hybridized carbons (Fsp3) is 0.550. The van der Waals surface area contributed by atoms with Gasteiger partial charge in [-0.05, 0) is 80.6 Å². The Labute approximate surface area is 158 Å². The lowest BCUT2D eigenvalue weighted by molar-refractivity contribution is 0.0939. The van der Waals surface area contributed by atoms with Gasteiger partial charge in [-0.15, -0.1) is 22.7 Å². The van der Waals surface area contributed by atoms with E-state index in [0.29, 0.717) is 5.92 Å². The van der Waals surface area contributed by atoms with Crippen LogP contribution < -0.4 is 5.32 Å². The largest absolute Gasteiger partial charge is 0.351 e. The van der Waals surface area contributed by atoms with E-state index in [-0.39, 0.29) is 5.91 Å². The molecule has 5 heteroatoms. The third-order valence-corrected chi connectivity index (χ3v) is 7.54. The SMILES string of the molecule is O=C(NCC1CCN(Cc2cccs2)CC1)c1cc2c(s1)CCCC2. The van der Waals surface area contributed by atoms with Crippen LogP contribution in [-0.2, 0) is 19.4 Å². The second-order valence-corrected chi connectivity index (χ2v) is 9.44. The van der Waals surface area contributed by atoms with Crippen molar-refractivity contribution in [2.75, 3.05) is 19.6 Å². The first-order valence-electron chi connectivity index (χ1n) is 9.42. The number of thiophene rings is 2. The summed E-state index contributed by atoms with van der Waals surface area (Å²) in [6, 6.07) is 6.49. The summed E-state index contributed by atoms with van der Waals surface area (Å²) >= 11 is 3.56. The standard InChI is InChI=1S/C20H26N2OS2/c23-20(19-12-16-4-1-2-6-18(16)25-19)21-13-15-7-9-22(10-8-15)14-17-5-3-11-24-17/h3,5,11-12,15H,1-2,4,6-10,13-14H2,(H,21,23). The number of likely N-dealkylation sites (tertiary alicyclic amines) is 1. The molecule has 2 aromatic rings. The normalized spacial score (nSPS) is 18.9. The molecular formula is C20H26N2OS2. The summed E-state index contributed by atoms with van der Waals surface area (Å²) < 4.78 is 0. The van der Waals surface area contributed by atoms with Gasteiger partial charge < -0.3 is 5.32 Å². The van der Waals surface area contributed by atoms with Gasteiger partial charge in [0.25, 0.3) is 5.91 Å². The summed E-state index contributed by atoms with van der Waals surface area (Å²) in [5.74, 6) is 0.763. The van der Waals surface area contributed by atoms with Crippen LogP contribution in [0.5, 0.6) is 0 Å². The maximum absolute atomic E-state index is 12.5. The van der Waals surface area contributed by atoms with E-state index in [1.165, 1.54) is 41.0 Å². The Kier molecular flexibility index (Phi) is 5.54. The Bertz CT molecular complexity index is 676. The molecule has 4 rings (SSSR count). The van der Waals surface area contributed by atoms with Crippen LogP contribution in [0.2, 0.25) is 0 Å². The third-order valence-electron chi connectivity index (χ3n) is 5.44. The summed E-state index contributed by atoms with van der Waals surface area (Å²) in [6.45, 7) is 4.20. The Morgan fingerprint density at radius 3 is 2.84 bits per heavy atom. The van der Waals surface area contributed by atoms with Gasteiger partial charge in [0.15, 0.2) is 0 Å². The second-order valence-electron chi connectivity index (χ2n) is 7.28. The highest BCUT2D eigenvalue weighted by molar-refractivity contribution is 7.14. The number of nitrogens with one attached hydrogen (secondary N) is 1. The van der Waals surface area contributed by atoms with Gasteiger partial charge in [0.2, 0.25) is 0 Å². The van der Waals surface area contributed by atoms with Crippen molar-refractivity contribution in [2.45, 2.75) is 45.1 Å². The molecule has 0 saturated carbocycles. The molecule has 1 N–H and O–H groups in total. The maximum atomic E-state index is 12.5.